The Kier molecular flexibility index (Phi) is 22.4. The molecule has 0 spiro atoms. The van der Waals surface area contributed by atoms with Gasteiger partial charge in [0.1, 0.15) is 13.2 Å². The van der Waals surface area contributed by atoms with E-state index >= 15 is 0 Å². The average molecular weight is 337 g/mol. The Morgan fingerprint density at radius 1 is 0.650 bits per heavy atom. The molecule has 0 heterocycles. The maximum atomic E-state index is 11.1. The highest BCUT2D eigenvalue weighted by molar-refractivity contribution is 6.29. The van der Waals surface area contributed by atoms with Gasteiger partial charge in [0.15, 0.2) is 0 Å². The molecule has 0 aliphatic carbocycles. The Balaban J connectivity index is -0.00000144. The summed E-state index contributed by atoms with van der Waals surface area (Å²) in [7, 11) is 0. The quantitative estimate of drug-likeness (QED) is 0.292. The van der Waals surface area contributed by atoms with Crippen LogP contribution in [-0.2, 0) is 28.5 Å². The van der Waals surface area contributed by atoms with Gasteiger partial charge >= 0.3 is 11.9 Å². The molecule has 0 radical (unpaired) electrons. The number of hydrogen-bond acceptors (Lipinski definition) is 8. The van der Waals surface area contributed by atoms with Gasteiger partial charge in [0.2, 0.25) is 0 Å². The van der Waals surface area contributed by atoms with Gasteiger partial charge in [-0.2, -0.15) is 0 Å². The SMILES string of the molecule is Cl.Cl.NCCOCCOC(=O)C(=O)OCCOCCN. The molecule has 0 aromatic heterocycles. The van der Waals surface area contributed by atoms with Crippen LogP contribution in [0.1, 0.15) is 0 Å². The van der Waals surface area contributed by atoms with E-state index in [1.807, 2.05) is 0 Å². The third kappa shape index (κ3) is 15.4. The molecule has 122 valence electrons. The fourth-order valence-electron chi connectivity index (χ4n) is 0.875. The van der Waals surface area contributed by atoms with Crippen LogP contribution >= 0.6 is 24.8 Å². The molecule has 0 rings (SSSR count). The zero-order chi connectivity index (χ0) is 13.6. The van der Waals surface area contributed by atoms with Crippen molar-refractivity contribution in [3.63, 3.8) is 0 Å². The van der Waals surface area contributed by atoms with E-state index in [9.17, 15) is 9.59 Å². The second kappa shape index (κ2) is 18.4. The van der Waals surface area contributed by atoms with Crippen LogP contribution < -0.4 is 11.5 Å². The van der Waals surface area contributed by atoms with E-state index in [1.165, 1.54) is 0 Å². The summed E-state index contributed by atoms with van der Waals surface area (Å²) in [5.74, 6) is -2.10. The number of halogens is 2. The summed E-state index contributed by atoms with van der Waals surface area (Å²) in [4.78, 5) is 22.1. The van der Waals surface area contributed by atoms with Crippen molar-refractivity contribution in [1.82, 2.24) is 0 Å². The minimum absolute atomic E-state index is 0. The molecule has 0 aliphatic rings. The lowest BCUT2D eigenvalue weighted by molar-refractivity contribution is -0.169. The molecule has 0 atom stereocenters. The van der Waals surface area contributed by atoms with Crippen LogP contribution in [0.4, 0.5) is 0 Å². The number of rotatable bonds is 10. The maximum Gasteiger partial charge on any atom is 0.417 e. The zero-order valence-electron chi connectivity index (χ0n) is 11.1. The lowest BCUT2D eigenvalue weighted by Crippen LogP contribution is -2.24. The van der Waals surface area contributed by atoms with Gasteiger partial charge in [-0.1, -0.05) is 0 Å². The molecular weight excluding hydrogens is 315 g/mol. The van der Waals surface area contributed by atoms with Crippen LogP contribution in [0.25, 0.3) is 0 Å². The highest BCUT2D eigenvalue weighted by Crippen LogP contribution is 1.87. The van der Waals surface area contributed by atoms with Crippen LogP contribution in [0.15, 0.2) is 0 Å². The second-order valence-corrected chi connectivity index (χ2v) is 3.07. The van der Waals surface area contributed by atoms with E-state index in [4.69, 9.17) is 20.9 Å². The number of ether oxygens (including phenoxy) is 4. The molecule has 0 aromatic rings. The first kappa shape index (κ1) is 24.4. The second-order valence-electron chi connectivity index (χ2n) is 3.07. The summed E-state index contributed by atoms with van der Waals surface area (Å²) in [6.07, 6.45) is 0. The van der Waals surface area contributed by atoms with E-state index in [1.54, 1.807) is 0 Å². The Hall–Kier alpha value is -0.640. The van der Waals surface area contributed by atoms with Gasteiger partial charge < -0.3 is 30.4 Å². The van der Waals surface area contributed by atoms with Gasteiger partial charge in [0.25, 0.3) is 0 Å². The molecular formula is C10H22Cl2N2O6. The van der Waals surface area contributed by atoms with Gasteiger partial charge in [-0.25, -0.2) is 9.59 Å². The summed E-state index contributed by atoms with van der Waals surface area (Å²) in [6, 6.07) is 0. The molecule has 0 aliphatic heterocycles. The highest BCUT2D eigenvalue weighted by atomic mass is 35.5. The average Bonchev–Trinajstić information content (AvgIpc) is 2.37. The first-order valence-corrected chi connectivity index (χ1v) is 5.62. The fraction of sp³-hybridized carbons (Fsp3) is 0.800. The largest absolute Gasteiger partial charge is 0.455 e. The molecule has 0 saturated heterocycles. The zero-order valence-corrected chi connectivity index (χ0v) is 12.7. The summed E-state index contributed by atoms with van der Waals surface area (Å²) < 4.78 is 19.1. The van der Waals surface area contributed by atoms with Crippen molar-refractivity contribution in [3.05, 3.63) is 0 Å². The smallest absolute Gasteiger partial charge is 0.417 e. The number of carbonyl (C=O) groups is 2. The summed E-state index contributed by atoms with van der Waals surface area (Å²) in [5.41, 5.74) is 10.4. The van der Waals surface area contributed by atoms with E-state index in [0.29, 0.717) is 26.3 Å². The third-order valence-electron chi connectivity index (χ3n) is 1.61. The molecule has 10 heteroatoms. The van der Waals surface area contributed by atoms with Gasteiger partial charge in [0.05, 0.1) is 26.4 Å². The number of nitrogens with two attached hydrogens (primary N) is 2. The lowest BCUT2D eigenvalue weighted by Gasteiger charge is -2.06. The topological polar surface area (TPSA) is 123 Å². The molecule has 4 N–H and O–H groups in total. The molecule has 0 amide bonds. The monoisotopic (exact) mass is 336 g/mol. The van der Waals surface area contributed by atoms with E-state index in [2.05, 4.69) is 9.47 Å². The third-order valence-corrected chi connectivity index (χ3v) is 1.61. The van der Waals surface area contributed by atoms with Gasteiger partial charge in [-0.05, 0) is 0 Å². The minimum Gasteiger partial charge on any atom is -0.455 e. The molecule has 0 unspecified atom stereocenters. The van der Waals surface area contributed by atoms with Crippen molar-refractivity contribution in [1.29, 1.82) is 0 Å². The summed E-state index contributed by atoms with van der Waals surface area (Å²) >= 11 is 0. The predicted octanol–water partition coefficient (Wildman–Crippen LogP) is -1.13. The first-order chi connectivity index (χ1) is 8.72. The minimum atomic E-state index is -1.05. The molecule has 0 aromatic carbocycles. The van der Waals surface area contributed by atoms with E-state index < -0.39 is 11.9 Å². The normalized spacial score (nSPS) is 9.10. The summed E-state index contributed by atoms with van der Waals surface area (Å²) in [6.45, 7) is 1.87. The maximum absolute atomic E-state index is 11.1. The van der Waals surface area contributed by atoms with Crippen molar-refractivity contribution in [2.75, 3.05) is 52.7 Å². The fourth-order valence-corrected chi connectivity index (χ4v) is 0.875. The molecule has 0 saturated carbocycles. The number of hydrogen-bond donors (Lipinski definition) is 2. The van der Waals surface area contributed by atoms with Gasteiger partial charge in [0, 0.05) is 13.1 Å². The van der Waals surface area contributed by atoms with Crippen LogP contribution in [-0.4, -0.2) is 64.7 Å². The molecule has 8 nitrogen and oxygen atoms in total. The van der Waals surface area contributed by atoms with Crippen LogP contribution in [0.5, 0.6) is 0 Å². The molecule has 0 bridgehead atoms. The van der Waals surface area contributed by atoms with Crippen molar-refractivity contribution >= 4 is 36.8 Å². The Bertz CT molecular complexity index is 222. The van der Waals surface area contributed by atoms with Gasteiger partial charge in [-0.15, -0.1) is 24.8 Å². The van der Waals surface area contributed by atoms with Crippen molar-refractivity contribution in [3.8, 4) is 0 Å². The van der Waals surface area contributed by atoms with Crippen LogP contribution in [0.3, 0.4) is 0 Å². The van der Waals surface area contributed by atoms with Crippen LogP contribution in [0.2, 0.25) is 0 Å². The van der Waals surface area contributed by atoms with Gasteiger partial charge in [-0.3, -0.25) is 0 Å². The summed E-state index contributed by atoms with van der Waals surface area (Å²) in [5, 5.41) is 0. The Morgan fingerprint density at radius 2 is 1.00 bits per heavy atom. The van der Waals surface area contributed by atoms with Crippen molar-refractivity contribution < 1.29 is 28.5 Å². The number of esters is 2. The lowest BCUT2D eigenvalue weighted by atomic mass is 10.6. The first-order valence-electron chi connectivity index (χ1n) is 5.62. The van der Waals surface area contributed by atoms with Crippen molar-refractivity contribution in [2.45, 2.75) is 0 Å². The Morgan fingerprint density at radius 3 is 1.30 bits per heavy atom. The standard InChI is InChI=1S/C10H20N2O6.2ClH/c11-1-3-15-5-7-17-9(13)10(14)18-8-6-16-4-2-12;;/h1-8,11-12H2;2*1H. The Labute approximate surface area is 130 Å². The number of carbonyl (C=O) groups excluding carboxylic acids is 2. The molecule has 0 fully saturated rings. The van der Waals surface area contributed by atoms with E-state index in [0.717, 1.165) is 0 Å². The van der Waals surface area contributed by atoms with E-state index in [-0.39, 0.29) is 51.2 Å². The van der Waals surface area contributed by atoms with Crippen molar-refractivity contribution in [2.24, 2.45) is 11.5 Å². The molecule has 20 heavy (non-hydrogen) atoms. The van der Waals surface area contributed by atoms with Crippen LogP contribution in [0, 0.1) is 0 Å². The highest BCUT2D eigenvalue weighted by Gasteiger charge is 2.16. The predicted molar refractivity (Wildman–Crippen MR) is 76.2 cm³/mol.